The summed E-state index contributed by atoms with van der Waals surface area (Å²) in [5, 5.41) is 8.56. The van der Waals surface area contributed by atoms with Crippen LogP contribution in [0.4, 0.5) is 4.79 Å². The van der Waals surface area contributed by atoms with Crippen molar-refractivity contribution in [2.45, 2.75) is 6.42 Å². The predicted molar refractivity (Wildman–Crippen MR) is 42.9 cm³/mol. The molecule has 0 saturated carbocycles. The first-order valence-corrected chi connectivity index (χ1v) is 3.76. The van der Waals surface area contributed by atoms with Crippen molar-refractivity contribution in [3.63, 3.8) is 0 Å². The monoisotopic (exact) mass is 169 g/mol. The van der Waals surface area contributed by atoms with Gasteiger partial charge in [0.05, 0.1) is 6.54 Å². The summed E-state index contributed by atoms with van der Waals surface area (Å²) in [6.07, 6.45) is 1.20. The van der Waals surface area contributed by atoms with Gasteiger partial charge < -0.3 is 10.0 Å². The highest BCUT2D eigenvalue weighted by atomic mass is 16.4. The van der Waals surface area contributed by atoms with E-state index in [0.717, 1.165) is 4.90 Å². The maximum Gasteiger partial charge on any atom is 0.407 e. The third kappa shape index (κ3) is 1.64. The van der Waals surface area contributed by atoms with Crippen molar-refractivity contribution in [2.75, 3.05) is 13.1 Å². The Labute approximate surface area is 70.5 Å². The fourth-order valence-corrected chi connectivity index (χ4v) is 1.30. The van der Waals surface area contributed by atoms with Crippen LogP contribution in [0.5, 0.6) is 0 Å². The molecule has 0 spiro atoms. The first-order valence-electron chi connectivity index (χ1n) is 3.76. The third-order valence-electron chi connectivity index (χ3n) is 1.96. The van der Waals surface area contributed by atoms with Gasteiger partial charge in [0.2, 0.25) is 0 Å². The SMILES string of the molecule is C=CCC1CN(C(=O)O)CC1=O. The van der Waals surface area contributed by atoms with Crippen LogP contribution in [0.25, 0.3) is 0 Å². The van der Waals surface area contributed by atoms with Gasteiger partial charge in [-0.2, -0.15) is 0 Å². The Balaban J connectivity index is 2.55. The van der Waals surface area contributed by atoms with Crippen LogP contribution in [-0.4, -0.2) is 35.0 Å². The molecule has 66 valence electrons. The van der Waals surface area contributed by atoms with E-state index < -0.39 is 6.09 Å². The van der Waals surface area contributed by atoms with Gasteiger partial charge in [0.25, 0.3) is 0 Å². The number of hydrogen-bond donors (Lipinski definition) is 1. The Morgan fingerprint density at radius 3 is 2.92 bits per heavy atom. The molecular formula is C8H11NO3. The lowest BCUT2D eigenvalue weighted by Gasteiger charge is -2.08. The van der Waals surface area contributed by atoms with E-state index in [-0.39, 0.29) is 18.2 Å². The van der Waals surface area contributed by atoms with Gasteiger partial charge in [0, 0.05) is 12.5 Å². The molecule has 1 atom stereocenters. The topological polar surface area (TPSA) is 57.6 Å². The molecule has 0 aliphatic carbocycles. The molecule has 1 saturated heterocycles. The molecule has 4 nitrogen and oxygen atoms in total. The van der Waals surface area contributed by atoms with Crippen LogP contribution in [0, 0.1) is 5.92 Å². The van der Waals surface area contributed by atoms with E-state index in [1.54, 1.807) is 6.08 Å². The predicted octanol–water partition coefficient (Wildman–Crippen LogP) is 0.741. The number of carboxylic acid groups (broad SMARTS) is 1. The molecule has 0 aromatic rings. The third-order valence-corrected chi connectivity index (χ3v) is 1.96. The van der Waals surface area contributed by atoms with Gasteiger partial charge in [0.15, 0.2) is 5.78 Å². The molecule has 1 N–H and O–H groups in total. The maximum atomic E-state index is 11.1. The fraction of sp³-hybridized carbons (Fsp3) is 0.500. The van der Waals surface area contributed by atoms with Crippen LogP contribution >= 0.6 is 0 Å². The molecule has 1 rings (SSSR count). The van der Waals surface area contributed by atoms with E-state index in [0.29, 0.717) is 13.0 Å². The number of carbonyl (C=O) groups is 2. The number of carbonyl (C=O) groups excluding carboxylic acids is 1. The molecule has 12 heavy (non-hydrogen) atoms. The van der Waals surface area contributed by atoms with Gasteiger partial charge >= 0.3 is 6.09 Å². The van der Waals surface area contributed by atoms with Crippen LogP contribution in [0.2, 0.25) is 0 Å². The number of allylic oxidation sites excluding steroid dienone is 1. The van der Waals surface area contributed by atoms with Crippen molar-refractivity contribution < 1.29 is 14.7 Å². The zero-order valence-corrected chi connectivity index (χ0v) is 6.69. The standard InChI is InChI=1S/C8H11NO3/c1-2-3-6-4-9(8(11)12)5-7(6)10/h2,6H,1,3-5H2,(H,11,12). The number of amides is 1. The summed E-state index contributed by atoms with van der Waals surface area (Å²) in [5.74, 6) is -0.170. The highest BCUT2D eigenvalue weighted by Gasteiger charge is 2.32. The first-order chi connectivity index (χ1) is 5.65. The number of Topliss-reactive ketones (excluding diaryl/α,β-unsaturated/α-hetero) is 1. The molecule has 1 unspecified atom stereocenters. The fourth-order valence-electron chi connectivity index (χ4n) is 1.30. The van der Waals surface area contributed by atoms with E-state index in [1.807, 2.05) is 0 Å². The smallest absolute Gasteiger partial charge is 0.407 e. The van der Waals surface area contributed by atoms with E-state index in [2.05, 4.69) is 6.58 Å². The summed E-state index contributed by atoms with van der Waals surface area (Å²) >= 11 is 0. The second-order valence-corrected chi connectivity index (χ2v) is 2.85. The van der Waals surface area contributed by atoms with Crippen LogP contribution in [0.1, 0.15) is 6.42 Å². The minimum atomic E-state index is -1.02. The molecule has 1 heterocycles. The molecule has 0 aromatic heterocycles. The number of nitrogens with zero attached hydrogens (tertiary/aromatic N) is 1. The number of likely N-dealkylation sites (tertiary alicyclic amines) is 1. The molecule has 4 heteroatoms. The largest absolute Gasteiger partial charge is 0.465 e. The highest BCUT2D eigenvalue weighted by molar-refractivity contribution is 5.89. The summed E-state index contributed by atoms with van der Waals surface area (Å²) in [4.78, 5) is 22.7. The summed E-state index contributed by atoms with van der Waals surface area (Å²) in [5.41, 5.74) is 0. The zero-order chi connectivity index (χ0) is 9.14. The van der Waals surface area contributed by atoms with Gasteiger partial charge in [-0.15, -0.1) is 6.58 Å². The maximum absolute atomic E-state index is 11.1. The van der Waals surface area contributed by atoms with Gasteiger partial charge in [-0.05, 0) is 6.42 Å². The van der Waals surface area contributed by atoms with Crippen molar-refractivity contribution in [1.82, 2.24) is 4.90 Å². The summed E-state index contributed by atoms with van der Waals surface area (Å²) in [6.45, 7) is 3.87. The lowest BCUT2D eigenvalue weighted by atomic mass is 10.0. The lowest BCUT2D eigenvalue weighted by Crippen LogP contribution is -2.26. The van der Waals surface area contributed by atoms with Crippen LogP contribution in [0.15, 0.2) is 12.7 Å². The summed E-state index contributed by atoms with van der Waals surface area (Å²) in [7, 11) is 0. The quantitative estimate of drug-likeness (QED) is 0.620. The molecule has 0 radical (unpaired) electrons. The second kappa shape index (κ2) is 3.38. The summed E-state index contributed by atoms with van der Waals surface area (Å²) < 4.78 is 0. The van der Waals surface area contributed by atoms with Gasteiger partial charge in [-0.1, -0.05) is 6.08 Å². The van der Waals surface area contributed by atoms with Crippen molar-refractivity contribution in [3.05, 3.63) is 12.7 Å². The van der Waals surface area contributed by atoms with E-state index in [4.69, 9.17) is 5.11 Å². The van der Waals surface area contributed by atoms with Crippen LogP contribution < -0.4 is 0 Å². The molecule has 1 fully saturated rings. The van der Waals surface area contributed by atoms with E-state index >= 15 is 0 Å². The average molecular weight is 169 g/mol. The molecule has 0 bridgehead atoms. The zero-order valence-electron chi connectivity index (χ0n) is 6.69. The number of ketones is 1. The Morgan fingerprint density at radius 1 is 1.83 bits per heavy atom. The first kappa shape index (κ1) is 8.77. The second-order valence-electron chi connectivity index (χ2n) is 2.85. The van der Waals surface area contributed by atoms with Crippen LogP contribution in [0.3, 0.4) is 0 Å². The molecule has 1 aliphatic heterocycles. The summed E-state index contributed by atoms with van der Waals surface area (Å²) in [6, 6.07) is 0. The van der Waals surface area contributed by atoms with Gasteiger partial charge in [0.1, 0.15) is 0 Å². The average Bonchev–Trinajstić information content (AvgIpc) is 2.34. The molecular weight excluding hydrogens is 158 g/mol. The van der Waals surface area contributed by atoms with Crippen LogP contribution in [-0.2, 0) is 4.79 Å². The van der Waals surface area contributed by atoms with Crippen molar-refractivity contribution in [2.24, 2.45) is 5.92 Å². The Kier molecular flexibility index (Phi) is 2.47. The van der Waals surface area contributed by atoms with Crippen molar-refractivity contribution in [1.29, 1.82) is 0 Å². The number of hydrogen-bond acceptors (Lipinski definition) is 2. The minimum absolute atomic E-state index is 0.00250. The number of rotatable bonds is 2. The normalized spacial score (nSPS) is 22.8. The Morgan fingerprint density at radius 2 is 2.50 bits per heavy atom. The molecule has 1 aliphatic rings. The van der Waals surface area contributed by atoms with Crippen molar-refractivity contribution >= 4 is 11.9 Å². The highest BCUT2D eigenvalue weighted by Crippen LogP contribution is 2.16. The lowest BCUT2D eigenvalue weighted by molar-refractivity contribution is -0.119. The molecule has 1 amide bonds. The van der Waals surface area contributed by atoms with E-state index in [1.165, 1.54) is 0 Å². The molecule has 0 aromatic carbocycles. The van der Waals surface area contributed by atoms with Gasteiger partial charge in [-0.25, -0.2) is 4.79 Å². The Hall–Kier alpha value is -1.32. The minimum Gasteiger partial charge on any atom is -0.465 e. The van der Waals surface area contributed by atoms with E-state index in [9.17, 15) is 9.59 Å². The van der Waals surface area contributed by atoms with Gasteiger partial charge in [-0.3, -0.25) is 4.79 Å². The van der Waals surface area contributed by atoms with Crippen molar-refractivity contribution in [3.8, 4) is 0 Å². The Bertz CT molecular complexity index is 224.